The minimum atomic E-state index is -1.32. The zero-order chi connectivity index (χ0) is 23.7. The second-order valence-electron chi connectivity index (χ2n) is 8.35. The van der Waals surface area contributed by atoms with Crippen LogP contribution in [0, 0.1) is 12.7 Å². The third kappa shape index (κ3) is 4.62. The lowest BCUT2D eigenvalue weighted by Gasteiger charge is -2.37. The van der Waals surface area contributed by atoms with E-state index < -0.39 is 23.3 Å². The van der Waals surface area contributed by atoms with Crippen molar-refractivity contribution in [1.29, 1.82) is 0 Å². The first-order valence-electron chi connectivity index (χ1n) is 11.0. The number of nitrogens with zero attached hydrogens (tertiary/aromatic N) is 5. The summed E-state index contributed by atoms with van der Waals surface area (Å²) in [5.74, 6) is -1.02. The van der Waals surface area contributed by atoms with Gasteiger partial charge in [-0.2, -0.15) is 0 Å². The van der Waals surface area contributed by atoms with Gasteiger partial charge in [0.05, 0.1) is 23.9 Å². The van der Waals surface area contributed by atoms with Crippen LogP contribution in [0.25, 0.3) is 10.9 Å². The maximum absolute atomic E-state index is 15.0. The Balaban J connectivity index is 1.49. The van der Waals surface area contributed by atoms with E-state index in [1.54, 1.807) is 16.8 Å². The number of β-amino-alcohol motifs (C(OH)–C–C–N with tert-alkyl or cyclic N) is 1. The van der Waals surface area contributed by atoms with Gasteiger partial charge in [0.1, 0.15) is 17.2 Å². The standard InChI is InChI=1S/C23H28FN5O4/c1-3-27-14-18(23(32)33)22(31)17-10-19(24)21(11-20(17)27)28-8-6-26(7-9-28)12-16(30)13-29-5-4-25-15(29)2/h4-5,10-11,14,16,30H,3,6-9,12-13H2,1-2H3,(H,32,33). The fourth-order valence-corrected chi connectivity index (χ4v) is 4.41. The predicted octanol–water partition coefficient (Wildman–Crippen LogP) is 1.55. The van der Waals surface area contributed by atoms with Crippen molar-refractivity contribution in [2.45, 2.75) is 33.0 Å². The van der Waals surface area contributed by atoms with Crippen molar-refractivity contribution in [3.63, 3.8) is 0 Å². The maximum atomic E-state index is 15.0. The molecular weight excluding hydrogens is 429 g/mol. The van der Waals surface area contributed by atoms with Crippen molar-refractivity contribution in [3.8, 4) is 0 Å². The highest BCUT2D eigenvalue weighted by molar-refractivity contribution is 5.93. The Morgan fingerprint density at radius 1 is 1.18 bits per heavy atom. The molecule has 10 heteroatoms. The topological polar surface area (TPSA) is 104 Å². The summed E-state index contributed by atoms with van der Waals surface area (Å²) in [5, 5.41) is 19.8. The Bertz CT molecular complexity index is 1230. The summed E-state index contributed by atoms with van der Waals surface area (Å²) < 4.78 is 18.6. The number of carboxylic acids is 1. The Labute approximate surface area is 190 Å². The summed E-state index contributed by atoms with van der Waals surface area (Å²) in [7, 11) is 0. The second kappa shape index (κ2) is 9.32. The molecule has 0 spiro atoms. The lowest BCUT2D eigenvalue weighted by atomic mass is 10.1. The highest BCUT2D eigenvalue weighted by Crippen LogP contribution is 2.26. The molecule has 1 unspecified atom stereocenters. The van der Waals surface area contributed by atoms with E-state index in [2.05, 4.69) is 9.88 Å². The molecule has 1 aromatic carbocycles. The normalized spacial score (nSPS) is 15.8. The van der Waals surface area contributed by atoms with Crippen LogP contribution < -0.4 is 10.3 Å². The number of anilines is 1. The van der Waals surface area contributed by atoms with Gasteiger partial charge < -0.3 is 24.2 Å². The van der Waals surface area contributed by atoms with Crippen LogP contribution in [0.5, 0.6) is 0 Å². The number of fused-ring (bicyclic) bond motifs is 1. The molecule has 33 heavy (non-hydrogen) atoms. The number of halogens is 1. The number of aliphatic hydroxyl groups excluding tert-OH is 1. The van der Waals surface area contributed by atoms with E-state index in [1.807, 2.05) is 29.5 Å². The molecular formula is C23H28FN5O4. The number of carbonyl (C=O) groups is 1. The van der Waals surface area contributed by atoms with Crippen molar-refractivity contribution in [3.05, 3.63) is 58.2 Å². The molecule has 1 aliphatic heterocycles. The van der Waals surface area contributed by atoms with E-state index in [1.165, 1.54) is 6.20 Å². The van der Waals surface area contributed by atoms with Gasteiger partial charge in [-0.05, 0) is 26.0 Å². The number of piperazine rings is 1. The molecule has 3 aromatic rings. The van der Waals surface area contributed by atoms with Gasteiger partial charge in [-0.3, -0.25) is 9.69 Å². The molecule has 0 amide bonds. The minimum Gasteiger partial charge on any atom is -0.477 e. The molecule has 1 fully saturated rings. The average Bonchev–Trinajstić information content (AvgIpc) is 3.18. The third-order valence-corrected chi connectivity index (χ3v) is 6.23. The number of aromatic carboxylic acids is 1. The summed E-state index contributed by atoms with van der Waals surface area (Å²) >= 11 is 0. The maximum Gasteiger partial charge on any atom is 0.341 e. The van der Waals surface area contributed by atoms with Gasteiger partial charge in [0, 0.05) is 63.2 Å². The van der Waals surface area contributed by atoms with Crippen LogP contribution in [0.4, 0.5) is 10.1 Å². The van der Waals surface area contributed by atoms with E-state index in [-0.39, 0.29) is 10.9 Å². The molecule has 3 heterocycles. The van der Waals surface area contributed by atoms with Gasteiger partial charge in [0.2, 0.25) is 5.43 Å². The zero-order valence-corrected chi connectivity index (χ0v) is 18.7. The number of aliphatic hydroxyl groups is 1. The second-order valence-corrected chi connectivity index (χ2v) is 8.35. The molecule has 2 N–H and O–H groups in total. The monoisotopic (exact) mass is 457 g/mol. The fraction of sp³-hybridized carbons (Fsp3) is 0.435. The van der Waals surface area contributed by atoms with E-state index in [0.717, 1.165) is 11.9 Å². The average molecular weight is 458 g/mol. The molecule has 0 saturated carbocycles. The molecule has 1 aliphatic rings. The lowest BCUT2D eigenvalue weighted by molar-refractivity contribution is 0.0694. The number of pyridine rings is 1. The van der Waals surface area contributed by atoms with Crippen LogP contribution in [0.1, 0.15) is 23.1 Å². The number of aromatic nitrogens is 3. The molecule has 0 bridgehead atoms. The highest BCUT2D eigenvalue weighted by atomic mass is 19.1. The van der Waals surface area contributed by atoms with E-state index in [0.29, 0.717) is 57.0 Å². The van der Waals surface area contributed by atoms with Crippen molar-refractivity contribution < 1.29 is 19.4 Å². The van der Waals surface area contributed by atoms with Crippen LogP contribution in [0.2, 0.25) is 0 Å². The van der Waals surface area contributed by atoms with Crippen molar-refractivity contribution in [2.75, 3.05) is 37.6 Å². The summed E-state index contributed by atoms with van der Waals surface area (Å²) in [5.41, 5.74) is -0.145. The molecule has 0 aliphatic carbocycles. The van der Waals surface area contributed by atoms with Crippen molar-refractivity contribution >= 4 is 22.6 Å². The zero-order valence-electron chi connectivity index (χ0n) is 18.7. The highest BCUT2D eigenvalue weighted by Gasteiger charge is 2.23. The molecule has 176 valence electrons. The summed E-state index contributed by atoms with van der Waals surface area (Å²) in [6.45, 7) is 7.64. The minimum absolute atomic E-state index is 0.0644. The Morgan fingerprint density at radius 2 is 1.91 bits per heavy atom. The lowest BCUT2D eigenvalue weighted by Crippen LogP contribution is -2.49. The summed E-state index contributed by atoms with van der Waals surface area (Å²) in [4.78, 5) is 32.2. The molecule has 9 nitrogen and oxygen atoms in total. The smallest absolute Gasteiger partial charge is 0.341 e. The number of benzene rings is 1. The SMILES string of the molecule is CCn1cc(C(=O)O)c(=O)c2cc(F)c(N3CCN(CC(O)Cn4ccnc4C)CC3)cc21. The fourth-order valence-electron chi connectivity index (χ4n) is 4.41. The van der Waals surface area contributed by atoms with E-state index in [4.69, 9.17) is 0 Å². The Hall–Kier alpha value is -3.24. The number of hydrogen-bond donors (Lipinski definition) is 2. The Kier molecular flexibility index (Phi) is 6.48. The quantitative estimate of drug-likeness (QED) is 0.555. The number of aryl methyl sites for hydroxylation is 2. The number of carboxylic acid groups (broad SMARTS) is 1. The van der Waals surface area contributed by atoms with Gasteiger partial charge in [-0.1, -0.05) is 0 Å². The van der Waals surface area contributed by atoms with Gasteiger partial charge >= 0.3 is 5.97 Å². The predicted molar refractivity (Wildman–Crippen MR) is 122 cm³/mol. The largest absolute Gasteiger partial charge is 0.477 e. The van der Waals surface area contributed by atoms with Crippen LogP contribution in [0.15, 0.2) is 35.5 Å². The van der Waals surface area contributed by atoms with Gasteiger partial charge in [0.25, 0.3) is 0 Å². The van der Waals surface area contributed by atoms with Crippen molar-refractivity contribution in [2.24, 2.45) is 0 Å². The van der Waals surface area contributed by atoms with Gasteiger partial charge in [-0.15, -0.1) is 0 Å². The molecule has 4 rings (SSSR count). The van der Waals surface area contributed by atoms with Crippen molar-refractivity contribution in [1.82, 2.24) is 19.0 Å². The molecule has 1 saturated heterocycles. The van der Waals surface area contributed by atoms with Gasteiger partial charge in [-0.25, -0.2) is 14.2 Å². The number of hydrogen-bond acceptors (Lipinski definition) is 6. The molecule has 2 aromatic heterocycles. The first kappa shape index (κ1) is 22.9. The van der Waals surface area contributed by atoms with E-state index >= 15 is 4.39 Å². The molecule has 0 radical (unpaired) electrons. The number of imidazole rings is 1. The van der Waals surface area contributed by atoms with E-state index in [9.17, 15) is 19.8 Å². The Morgan fingerprint density at radius 3 is 2.52 bits per heavy atom. The van der Waals surface area contributed by atoms with Crippen LogP contribution >= 0.6 is 0 Å². The third-order valence-electron chi connectivity index (χ3n) is 6.23. The van der Waals surface area contributed by atoms with Crippen LogP contribution in [-0.2, 0) is 13.1 Å². The number of rotatable bonds is 7. The first-order chi connectivity index (χ1) is 15.8. The molecule has 1 atom stereocenters. The summed E-state index contributed by atoms with van der Waals surface area (Å²) in [6, 6.07) is 2.78. The first-order valence-corrected chi connectivity index (χ1v) is 11.0. The summed E-state index contributed by atoms with van der Waals surface area (Å²) in [6.07, 6.45) is 4.33. The van der Waals surface area contributed by atoms with Crippen LogP contribution in [0.3, 0.4) is 0 Å². The van der Waals surface area contributed by atoms with Crippen LogP contribution in [-0.4, -0.2) is 74.0 Å². The van der Waals surface area contributed by atoms with Gasteiger partial charge in [0.15, 0.2) is 0 Å².